The summed E-state index contributed by atoms with van der Waals surface area (Å²) < 4.78 is 7.07. The number of pyridine rings is 1. The van der Waals surface area contributed by atoms with Crippen LogP contribution in [0.2, 0.25) is 0 Å². The molecule has 30 heavy (non-hydrogen) atoms. The number of hydrogen-bond donors (Lipinski definition) is 0. The Morgan fingerprint density at radius 2 is 1.97 bits per heavy atom. The lowest BCUT2D eigenvalue weighted by atomic mass is 9.85. The fraction of sp³-hybridized carbons (Fsp3) is 0.333. The summed E-state index contributed by atoms with van der Waals surface area (Å²) >= 11 is 0. The largest absolute Gasteiger partial charge is 0.485 e. The van der Waals surface area contributed by atoms with E-state index in [1.54, 1.807) is 19.9 Å². The predicted molar refractivity (Wildman–Crippen MR) is 98.4 cm³/mol. The third-order valence-corrected chi connectivity index (χ3v) is 4.65. The Kier molecular flexibility index (Phi) is 5.29. The molecule has 0 radical (unpaired) electrons. The molecule has 1 aliphatic rings. The molecule has 0 fully saturated rings. The highest BCUT2D eigenvalue weighted by Crippen LogP contribution is 2.43. The van der Waals surface area contributed by atoms with Crippen LogP contribution in [-0.4, -0.2) is 26.4 Å². The lowest BCUT2D eigenvalue weighted by Crippen LogP contribution is -2.54. The molecular weight excluding hydrogens is 400 g/mol. The van der Waals surface area contributed by atoms with Crippen molar-refractivity contribution < 1.29 is 24.6 Å². The molecule has 2 aromatic rings. The normalized spacial score (nSPS) is 19.0. The Hall–Kier alpha value is -4.14. The number of hydrogen-bond acceptors (Lipinski definition) is 9. The van der Waals surface area contributed by atoms with Gasteiger partial charge in [0.25, 0.3) is 15.7 Å². The van der Waals surface area contributed by atoms with Gasteiger partial charge in [-0.3, -0.25) is 4.79 Å². The number of nitriles is 1. The number of fused-ring (bicyclic) bond motifs is 1. The van der Waals surface area contributed by atoms with E-state index in [-0.39, 0.29) is 11.1 Å². The van der Waals surface area contributed by atoms with Crippen LogP contribution in [0, 0.1) is 31.6 Å². The highest BCUT2D eigenvalue weighted by Gasteiger charge is 2.48. The molecule has 3 rings (SSSR count). The lowest BCUT2D eigenvalue weighted by Gasteiger charge is -2.43. The molecule has 0 aliphatic carbocycles. The molecule has 1 aromatic carbocycles. The average Bonchev–Trinajstić information content (AvgIpc) is 2.67. The molecule has 0 spiro atoms. The Balaban J connectivity index is 2.15. The van der Waals surface area contributed by atoms with E-state index in [0.29, 0.717) is 11.3 Å². The van der Waals surface area contributed by atoms with Crippen LogP contribution in [0.15, 0.2) is 41.3 Å². The molecule has 12 nitrogen and oxygen atoms in total. The number of benzene rings is 1. The van der Waals surface area contributed by atoms with Crippen LogP contribution in [0.1, 0.15) is 36.6 Å². The van der Waals surface area contributed by atoms with Gasteiger partial charge in [0, 0.05) is 17.8 Å². The van der Waals surface area contributed by atoms with Crippen molar-refractivity contribution in [3.63, 3.8) is 0 Å². The topological polar surface area (TPSA) is 160 Å². The van der Waals surface area contributed by atoms with Crippen LogP contribution in [0.25, 0.3) is 0 Å². The molecule has 2 atom stereocenters. The van der Waals surface area contributed by atoms with Gasteiger partial charge in [-0.15, -0.1) is 20.2 Å². The number of nitrogens with zero attached hydrogens (tertiary/aromatic N) is 4. The highest BCUT2D eigenvalue weighted by molar-refractivity contribution is 5.47. The Bertz CT molecular complexity index is 1100. The van der Waals surface area contributed by atoms with E-state index < -0.39 is 40.1 Å². The Morgan fingerprint density at radius 3 is 2.57 bits per heavy atom. The fourth-order valence-electron chi connectivity index (χ4n) is 3.38. The number of ether oxygens (including phenoxy) is 1. The SMILES string of the molecule is CC1(C)Oc2ccc(C#N)cc2C(n2ccc(CO[N+](=O)[O-])cc2=O)C1O[N+](=O)[O-]. The second-order valence-electron chi connectivity index (χ2n) is 7.04. The molecular formula is C18H16N4O8. The molecule has 156 valence electrons. The van der Waals surface area contributed by atoms with Crippen LogP contribution in [-0.2, 0) is 16.3 Å². The molecule has 2 unspecified atom stereocenters. The molecule has 1 aliphatic heterocycles. The van der Waals surface area contributed by atoms with Gasteiger partial charge in [-0.2, -0.15) is 5.26 Å². The minimum atomic E-state index is -1.23. The fourth-order valence-corrected chi connectivity index (χ4v) is 3.38. The van der Waals surface area contributed by atoms with E-state index in [2.05, 4.69) is 4.84 Å². The molecule has 0 saturated heterocycles. The van der Waals surface area contributed by atoms with Crippen LogP contribution >= 0.6 is 0 Å². The van der Waals surface area contributed by atoms with Gasteiger partial charge in [0.15, 0.2) is 6.10 Å². The first-order valence-electron chi connectivity index (χ1n) is 8.65. The van der Waals surface area contributed by atoms with Gasteiger partial charge in [-0.1, -0.05) is 0 Å². The summed E-state index contributed by atoms with van der Waals surface area (Å²) in [5.74, 6) is 0.347. The summed E-state index contributed by atoms with van der Waals surface area (Å²) in [6.07, 6.45) is 0.110. The highest BCUT2D eigenvalue weighted by atomic mass is 17.0. The zero-order valence-corrected chi connectivity index (χ0v) is 15.9. The standard InChI is InChI=1S/C18H16N4O8/c1-18(2)17(30-22(26)27)16(13-7-11(9-19)3-4-14(13)29-18)20-6-5-12(8-15(20)23)10-28-21(24)25/h3-8,16-17H,10H2,1-2H3. The molecule has 2 heterocycles. The van der Waals surface area contributed by atoms with Crippen molar-refractivity contribution in [1.82, 2.24) is 4.57 Å². The predicted octanol–water partition coefficient (Wildman–Crippen LogP) is 1.77. The molecule has 1 aromatic heterocycles. The maximum absolute atomic E-state index is 12.8. The quantitative estimate of drug-likeness (QED) is 0.505. The van der Waals surface area contributed by atoms with Crippen LogP contribution in [0.4, 0.5) is 0 Å². The van der Waals surface area contributed by atoms with E-state index >= 15 is 0 Å². The first kappa shape index (κ1) is 20.6. The van der Waals surface area contributed by atoms with Crippen LogP contribution in [0.3, 0.4) is 0 Å². The van der Waals surface area contributed by atoms with Gasteiger partial charge in [-0.05, 0) is 43.7 Å². The van der Waals surface area contributed by atoms with E-state index in [1.165, 1.54) is 29.0 Å². The van der Waals surface area contributed by atoms with Crippen molar-refractivity contribution in [2.75, 3.05) is 0 Å². The van der Waals surface area contributed by atoms with Gasteiger partial charge < -0.3 is 19.0 Å². The minimum absolute atomic E-state index is 0.247. The van der Waals surface area contributed by atoms with Gasteiger partial charge in [0.1, 0.15) is 18.0 Å². The Labute approximate surface area is 169 Å². The van der Waals surface area contributed by atoms with Crippen molar-refractivity contribution in [3.05, 3.63) is 83.8 Å². The summed E-state index contributed by atoms with van der Waals surface area (Å²) in [6.45, 7) is 2.74. The Morgan fingerprint density at radius 1 is 1.23 bits per heavy atom. The smallest absolute Gasteiger partial charge is 0.295 e. The van der Waals surface area contributed by atoms with Crippen molar-refractivity contribution in [3.8, 4) is 11.8 Å². The second-order valence-corrected chi connectivity index (χ2v) is 7.04. The summed E-state index contributed by atoms with van der Waals surface area (Å²) in [5.41, 5.74) is -0.918. The van der Waals surface area contributed by atoms with E-state index in [4.69, 9.17) is 9.57 Å². The van der Waals surface area contributed by atoms with Crippen molar-refractivity contribution >= 4 is 0 Å². The maximum Gasteiger partial charge on any atom is 0.295 e. The van der Waals surface area contributed by atoms with Crippen molar-refractivity contribution in [1.29, 1.82) is 5.26 Å². The van der Waals surface area contributed by atoms with E-state index in [1.807, 2.05) is 6.07 Å². The second kappa shape index (κ2) is 7.70. The van der Waals surface area contributed by atoms with Crippen LogP contribution < -0.4 is 10.3 Å². The van der Waals surface area contributed by atoms with Crippen molar-refractivity contribution in [2.24, 2.45) is 0 Å². The lowest BCUT2D eigenvalue weighted by molar-refractivity contribution is -0.773. The molecule has 0 amide bonds. The zero-order chi connectivity index (χ0) is 22.1. The molecule has 12 heteroatoms. The number of aromatic nitrogens is 1. The zero-order valence-electron chi connectivity index (χ0n) is 15.9. The molecule has 0 N–H and O–H groups in total. The number of rotatable bonds is 6. The van der Waals surface area contributed by atoms with Crippen LogP contribution in [0.5, 0.6) is 5.75 Å². The van der Waals surface area contributed by atoms with Gasteiger partial charge in [0.2, 0.25) is 0 Å². The summed E-state index contributed by atoms with van der Waals surface area (Å²) in [7, 11) is 0. The van der Waals surface area contributed by atoms with Gasteiger partial charge in [0.05, 0.1) is 17.7 Å². The summed E-state index contributed by atoms with van der Waals surface area (Å²) in [4.78, 5) is 43.5. The molecule has 0 bridgehead atoms. The van der Waals surface area contributed by atoms with Gasteiger partial charge in [-0.25, -0.2) is 0 Å². The first-order chi connectivity index (χ1) is 14.1. The first-order valence-corrected chi connectivity index (χ1v) is 8.65. The summed E-state index contributed by atoms with van der Waals surface area (Å²) in [5, 5.41) is 28.8. The average molecular weight is 416 g/mol. The summed E-state index contributed by atoms with van der Waals surface area (Å²) in [6, 6.07) is 8.08. The van der Waals surface area contributed by atoms with Gasteiger partial charge >= 0.3 is 0 Å². The molecule has 0 saturated carbocycles. The van der Waals surface area contributed by atoms with E-state index in [9.17, 15) is 30.3 Å². The minimum Gasteiger partial charge on any atom is -0.485 e. The monoisotopic (exact) mass is 416 g/mol. The van der Waals surface area contributed by atoms with Crippen molar-refractivity contribution in [2.45, 2.75) is 38.2 Å². The van der Waals surface area contributed by atoms with E-state index in [0.717, 1.165) is 6.07 Å². The third kappa shape index (κ3) is 4.00. The third-order valence-electron chi connectivity index (χ3n) is 4.65. The maximum atomic E-state index is 12.8.